The van der Waals surface area contributed by atoms with Crippen molar-refractivity contribution in [1.82, 2.24) is 10.3 Å². The van der Waals surface area contributed by atoms with Gasteiger partial charge in [-0.25, -0.2) is 13.4 Å². The molecular weight excluding hydrogens is 434 g/mol. The number of amides is 1. The fourth-order valence-electron chi connectivity index (χ4n) is 2.80. The van der Waals surface area contributed by atoms with Crippen LogP contribution < -0.4 is 19.1 Å². The fourth-order valence-corrected chi connectivity index (χ4v) is 4.59. The monoisotopic (exact) mass is 455 g/mol. The zero-order chi connectivity index (χ0) is 22.1. The van der Waals surface area contributed by atoms with Gasteiger partial charge in [0.15, 0.2) is 0 Å². The Morgan fingerprint density at radius 3 is 2.77 bits per heavy atom. The summed E-state index contributed by atoms with van der Waals surface area (Å²) in [5.41, 5.74) is -0.578. The van der Waals surface area contributed by atoms with Crippen LogP contribution in [-0.2, 0) is 10.0 Å². The van der Waals surface area contributed by atoms with Crippen molar-refractivity contribution in [3.8, 4) is 11.6 Å². The molecule has 11 heteroatoms. The lowest BCUT2D eigenvalue weighted by atomic mass is 10.1. The first-order valence-electron chi connectivity index (χ1n) is 9.01. The zero-order valence-electron chi connectivity index (χ0n) is 16.7. The minimum Gasteiger partial charge on any atom is -0.495 e. The second-order valence-corrected chi connectivity index (χ2v) is 9.54. The molecule has 2 N–H and O–H groups in total. The Kier molecular flexibility index (Phi) is 6.11. The van der Waals surface area contributed by atoms with Crippen LogP contribution in [0, 0.1) is 0 Å². The number of carbonyl (C=O) groups excluding carboxylic acids is 1. The number of halogens is 1. The van der Waals surface area contributed by atoms with Crippen LogP contribution in [0.4, 0.5) is 5.69 Å². The van der Waals surface area contributed by atoms with Gasteiger partial charge in [-0.15, -0.1) is 0 Å². The summed E-state index contributed by atoms with van der Waals surface area (Å²) >= 11 is 6.10. The average molecular weight is 456 g/mol. The van der Waals surface area contributed by atoms with Gasteiger partial charge in [0.05, 0.1) is 41.3 Å². The molecule has 2 aromatic rings. The highest BCUT2D eigenvalue weighted by atomic mass is 35.5. The molecule has 0 bridgehead atoms. The number of nitrogens with one attached hydrogen (secondary N) is 1. The number of hydrogen-bond acceptors (Lipinski definition) is 7. The normalized spacial score (nSPS) is 14.0. The smallest absolute Gasteiger partial charge is 0.264 e. The van der Waals surface area contributed by atoms with E-state index >= 15 is 0 Å². The number of hydrogen-bond donors (Lipinski definition) is 2. The minimum absolute atomic E-state index is 0.0302. The van der Waals surface area contributed by atoms with Gasteiger partial charge in [0, 0.05) is 6.20 Å². The van der Waals surface area contributed by atoms with Gasteiger partial charge in [-0.05, 0) is 38.1 Å². The number of carbonyl (C=O) groups is 1. The molecule has 162 valence electrons. The number of aliphatic hydroxyl groups excluding tert-OH is 1. The van der Waals surface area contributed by atoms with Crippen molar-refractivity contribution in [2.75, 3.05) is 31.2 Å². The minimum atomic E-state index is -4.00. The van der Waals surface area contributed by atoms with Crippen LogP contribution in [0.15, 0.2) is 35.4 Å². The molecule has 0 atom stereocenters. The van der Waals surface area contributed by atoms with E-state index in [0.29, 0.717) is 5.75 Å². The maximum absolute atomic E-state index is 13.3. The van der Waals surface area contributed by atoms with Crippen molar-refractivity contribution in [1.29, 1.82) is 0 Å². The molecule has 1 aromatic carbocycles. The number of methoxy groups -OCH3 is 1. The number of benzene rings is 1. The van der Waals surface area contributed by atoms with Gasteiger partial charge < -0.3 is 19.9 Å². The molecule has 0 fully saturated rings. The highest BCUT2D eigenvalue weighted by Gasteiger charge is 2.32. The van der Waals surface area contributed by atoms with Gasteiger partial charge in [0.2, 0.25) is 5.88 Å². The lowest BCUT2D eigenvalue weighted by molar-refractivity contribution is 0.0869. The molecule has 0 spiro atoms. The number of sulfonamides is 1. The maximum atomic E-state index is 13.3. The van der Waals surface area contributed by atoms with E-state index in [2.05, 4.69) is 10.3 Å². The SMILES string of the molecule is COc1ccc(S(=O)(=O)N2CCOc3ncc(C(=O)NC(C)(C)CO)cc32)cc1Cl. The number of fused-ring (bicyclic) bond motifs is 1. The lowest BCUT2D eigenvalue weighted by Gasteiger charge is -2.30. The summed E-state index contributed by atoms with van der Waals surface area (Å²) in [5, 5.41) is 12.2. The third-order valence-corrected chi connectivity index (χ3v) is 6.56. The number of nitrogens with zero attached hydrogens (tertiary/aromatic N) is 2. The predicted octanol–water partition coefficient (Wildman–Crippen LogP) is 1.83. The number of rotatable bonds is 6. The second kappa shape index (κ2) is 8.29. The lowest BCUT2D eigenvalue weighted by Crippen LogP contribution is -2.46. The van der Waals surface area contributed by atoms with Crippen LogP contribution in [0.25, 0.3) is 0 Å². The Labute approximate surface area is 179 Å². The van der Waals surface area contributed by atoms with Gasteiger partial charge in [-0.1, -0.05) is 11.6 Å². The molecule has 0 unspecified atom stereocenters. The van der Waals surface area contributed by atoms with E-state index in [-0.39, 0.29) is 46.8 Å². The predicted molar refractivity (Wildman–Crippen MR) is 111 cm³/mol. The highest BCUT2D eigenvalue weighted by Crippen LogP contribution is 2.36. The van der Waals surface area contributed by atoms with Crippen molar-refractivity contribution in [3.05, 3.63) is 41.0 Å². The van der Waals surface area contributed by atoms with E-state index in [1.165, 1.54) is 37.6 Å². The Morgan fingerprint density at radius 2 is 2.13 bits per heavy atom. The highest BCUT2D eigenvalue weighted by molar-refractivity contribution is 7.92. The third kappa shape index (κ3) is 4.30. The van der Waals surface area contributed by atoms with E-state index in [9.17, 15) is 18.3 Å². The molecule has 30 heavy (non-hydrogen) atoms. The van der Waals surface area contributed by atoms with Crippen LogP contribution in [0.1, 0.15) is 24.2 Å². The summed E-state index contributed by atoms with van der Waals surface area (Å²) in [5.74, 6) is -0.0488. The summed E-state index contributed by atoms with van der Waals surface area (Å²) in [4.78, 5) is 16.6. The second-order valence-electron chi connectivity index (χ2n) is 7.27. The van der Waals surface area contributed by atoms with Crippen LogP contribution >= 0.6 is 11.6 Å². The Morgan fingerprint density at radius 1 is 1.40 bits per heavy atom. The first-order valence-corrected chi connectivity index (χ1v) is 10.8. The Hall–Kier alpha value is -2.56. The maximum Gasteiger partial charge on any atom is 0.264 e. The quantitative estimate of drug-likeness (QED) is 0.682. The summed E-state index contributed by atoms with van der Waals surface area (Å²) in [6.07, 6.45) is 1.29. The standard InChI is InChI=1S/C19H22ClN3O6S/c1-19(2,11-24)22-17(25)12-8-15-18(21-10-12)29-7-6-23(15)30(26,27)13-4-5-16(28-3)14(20)9-13/h4-5,8-10,24H,6-7,11H2,1-3H3,(H,22,25). The number of aliphatic hydroxyl groups is 1. The molecule has 0 saturated carbocycles. The van der Waals surface area contributed by atoms with Gasteiger partial charge in [-0.3, -0.25) is 9.10 Å². The van der Waals surface area contributed by atoms with Gasteiger partial charge in [0.1, 0.15) is 18.0 Å². The molecule has 0 radical (unpaired) electrons. The van der Waals surface area contributed by atoms with E-state index in [1.807, 2.05) is 0 Å². The first kappa shape index (κ1) is 22.1. The van der Waals surface area contributed by atoms with Gasteiger partial charge in [0.25, 0.3) is 15.9 Å². The van der Waals surface area contributed by atoms with Crippen molar-refractivity contribution in [2.45, 2.75) is 24.3 Å². The Balaban J connectivity index is 2.00. The summed E-state index contributed by atoms with van der Waals surface area (Å²) in [7, 11) is -2.57. The van der Waals surface area contributed by atoms with E-state index in [1.54, 1.807) is 13.8 Å². The van der Waals surface area contributed by atoms with Crippen LogP contribution in [0.5, 0.6) is 11.6 Å². The van der Waals surface area contributed by atoms with Gasteiger partial charge in [-0.2, -0.15) is 0 Å². The van der Waals surface area contributed by atoms with Crippen molar-refractivity contribution in [3.63, 3.8) is 0 Å². The number of ether oxygens (including phenoxy) is 2. The largest absolute Gasteiger partial charge is 0.495 e. The van der Waals surface area contributed by atoms with E-state index < -0.39 is 21.5 Å². The van der Waals surface area contributed by atoms with Crippen LogP contribution in [-0.4, -0.2) is 56.8 Å². The van der Waals surface area contributed by atoms with Crippen LogP contribution in [0.3, 0.4) is 0 Å². The topological polar surface area (TPSA) is 118 Å². The average Bonchev–Trinajstić information content (AvgIpc) is 2.72. The van der Waals surface area contributed by atoms with Crippen LogP contribution in [0.2, 0.25) is 5.02 Å². The summed E-state index contributed by atoms with van der Waals surface area (Å²) < 4.78 is 38.2. The molecule has 1 aliphatic heterocycles. The molecule has 9 nitrogen and oxygen atoms in total. The number of anilines is 1. The molecule has 1 amide bonds. The van der Waals surface area contributed by atoms with E-state index in [0.717, 1.165) is 4.31 Å². The molecule has 0 saturated heterocycles. The fraction of sp³-hybridized carbons (Fsp3) is 0.368. The van der Waals surface area contributed by atoms with Crippen molar-refractivity contribution >= 4 is 33.2 Å². The zero-order valence-corrected chi connectivity index (χ0v) is 18.2. The van der Waals surface area contributed by atoms with E-state index in [4.69, 9.17) is 21.1 Å². The third-order valence-electron chi connectivity index (χ3n) is 4.45. The summed E-state index contributed by atoms with van der Waals surface area (Å²) in [6, 6.07) is 5.56. The molecule has 3 rings (SSSR count). The Bertz CT molecular complexity index is 1070. The molecule has 1 aliphatic rings. The molecule has 2 heterocycles. The number of pyridine rings is 1. The molecule has 1 aromatic heterocycles. The van der Waals surface area contributed by atoms with Crippen molar-refractivity contribution in [2.24, 2.45) is 0 Å². The number of aromatic nitrogens is 1. The molecule has 0 aliphatic carbocycles. The van der Waals surface area contributed by atoms with Crippen molar-refractivity contribution < 1.29 is 27.8 Å². The molecular formula is C19H22ClN3O6S. The summed E-state index contributed by atoms with van der Waals surface area (Å²) in [6.45, 7) is 3.19. The van der Waals surface area contributed by atoms with Gasteiger partial charge >= 0.3 is 0 Å². The first-order chi connectivity index (χ1) is 14.1.